The van der Waals surface area contributed by atoms with Crippen molar-refractivity contribution in [3.05, 3.63) is 64.7 Å². The van der Waals surface area contributed by atoms with Crippen LogP contribution in [0.4, 0.5) is 0 Å². The quantitative estimate of drug-likeness (QED) is 0.732. The molecule has 2 N–H and O–H groups in total. The van der Waals surface area contributed by atoms with E-state index >= 15 is 0 Å². The van der Waals surface area contributed by atoms with Crippen LogP contribution in [0, 0.1) is 6.92 Å². The zero-order chi connectivity index (χ0) is 19.9. The minimum atomic E-state index is -1.04. The summed E-state index contributed by atoms with van der Waals surface area (Å²) >= 11 is 0. The van der Waals surface area contributed by atoms with Gasteiger partial charge >= 0.3 is 5.97 Å². The molecule has 1 aliphatic rings. The van der Waals surface area contributed by atoms with Crippen LogP contribution >= 0.6 is 0 Å². The molecule has 1 amide bonds. The molecule has 6 heteroatoms. The van der Waals surface area contributed by atoms with Gasteiger partial charge in [0.1, 0.15) is 12.4 Å². The van der Waals surface area contributed by atoms with Crippen LogP contribution in [0.25, 0.3) is 0 Å². The second-order valence-electron chi connectivity index (χ2n) is 6.97. The van der Waals surface area contributed by atoms with Crippen LogP contribution in [0.15, 0.2) is 42.5 Å². The van der Waals surface area contributed by atoms with Gasteiger partial charge < -0.3 is 19.9 Å². The fourth-order valence-corrected chi connectivity index (χ4v) is 3.21. The van der Waals surface area contributed by atoms with E-state index in [1.807, 2.05) is 25.1 Å². The van der Waals surface area contributed by atoms with Gasteiger partial charge in [0, 0.05) is 18.7 Å². The maximum absolute atomic E-state index is 12.3. The second kappa shape index (κ2) is 9.37. The number of carboxylic acids is 1. The Morgan fingerprint density at radius 3 is 2.79 bits per heavy atom. The van der Waals surface area contributed by atoms with Gasteiger partial charge in [0.15, 0.2) is 0 Å². The first-order chi connectivity index (χ1) is 13.5. The van der Waals surface area contributed by atoms with E-state index in [9.17, 15) is 14.7 Å². The van der Waals surface area contributed by atoms with Gasteiger partial charge in [-0.3, -0.25) is 4.79 Å². The van der Waals surface area contributed by atoms with E-state index in [4.69, 9.17) is 9.47 Å². The van der Waals surface area contributed by atoms with E-state index in [1.165, 1.54) is 6.07 Å². The summed E-state index contributed by atoms with van der Waals surface area (Å²) in [6, 6.07) is 12.4. The van der Waals surface area contributed by atoms with E-state index < -0.39 is 5.97 Å². The molecule has 3 rings (SSSR count). The topological polar surface area (TPSA) is 84.9 Å². The van der Waals surface area contributed by atoms with Crippen LogP contribution in [-0.2, 0) is 22.5 Å². The zero-order valence-corrected chi connectivity index (χ0v) is 15.9. The van der Waals surface area contributed by atoms with Gasteiger partial charge in [-0.25, -0.2) is 4.79 Å². The highest BCUT2D eigenvalue weighted by molar-refractivity contribution is 5.91. The summed E-state index contributed by atoms with van der Waals surface area (Å²) < 4.78 is 11.5. The van der Waals surface area contributed by atoms with Crippen LogP contribution < -0.4 is 10.1 Å². The minimum absolute atomic E-state index is 0.0143. The highest BCUT2D eigenvalue weighted by Crippen LogP contribution is 2.22. The minimum Gasteiger partial charge on any atom is -0.491 e. The largest absolute Gasteiger partial charge is 0.491 e. The van der Waals surface area contributed by atoms with Gasteiger partial charge in [-0.1, -0.05) is 30.3 Å². The fourth-order valence-electron chi connectivity index (χ4n) is 3.21. The molecule has 1 fully saturated rings. The van der Waals surface area contributed by atoms with Crippen molar-refractivity contribution in [3.63, 3.8) is 0 Å². The standard InChI is InChI=1S/C22H25NO5/c1-15-8-9-17(20(11-15)28-14-18-6-4-10-27-18)13-23-21(24)12-16-5-2-3-7-19(16)22(25)26/h2-3,5,7-9,11,18H,4,6,10,12-14H2,1H3,(H,23,24)(H,25,26). The van der Waals surface area contributed by atoms with Gasteiger partial charge in [0.25, 0.3) is 0 Å². The highest BCUT2D eigenvalue weighted by atomic mass is 16.5. The molecule has 0 aromatic heterocycles. The van der Waals surface area contributed by atoms with Gasteiger partial charge in [0.2, 0.25) is 5.91 Å². The molecular weight excluding hydrogens is 358 g/mol. The first-order valence-electron chi connectivity index (χ1n) is 9.45. The number of rotatable bonds is 8. The molecule has 1 unspecified atom stereocenters. The van der Waals surface area contributed by atoms with Crippen molar-refractivity contribution in [1.29, 1.82) is 0 Å². The van der Waals surface area contributed by atoms with E-state index in [1.54, 1.807) is 18.2 Å². The lowest BCUT2D eigenvalue weighted by atomic mass is 10.0. The van der Waals surface area contributed by atoms with E-state index in [0.717, 1.165) is 36.3 Å². The summed E-state index contributed by atoms with van der Waals surface area (Å²) in [6.45, 7) is 3.58. The van der Waals surface area contributed by atoms with Gasteiger partial charge in [-0.2, -0.15) is 0 Å². The van der Waals surface area contributed by atoms with Crippen molar-refractivity contribution >= 4 is 11.9 Å². The Kier molecular flexibility index (Phi) is 6.66. The predicted molar refractivity (Wildman–Crippen MR) is 105 cm³/mol. The number of carbonyl (C=O) groups is 2. The van der Waals surface area contributed by atoms with Crippen molar-refractivity contribution in [1.82, 2.24) is 5.32 Å². The van der Waals surface area contributed by atoms with Crippen molar-refractivity contribution in [3.8, 4) is 5.75 Å². The van der Waals surface area contributed by atoms with E-state index in [0.29, 0.717) is 18.7 Å². The molecule has 2 aromatic rings. The number of carbonyl (C=O) groups excluding carboxylic acids is 1. The zero-order valence-electron chi connectivity index (χ0n) is 15.9. The molecule has 2 aromatic carbocycles. The Morgan fingerprint density at radius 1 is 1.21 bits per heavy atom. The molecule has 0 aliphatic carbocycles. The maximum atomic E-state index is 12.3. The van der Waals surface area contributed by atoms with Crippen molar-refractivity contribution in [2.24, 2.45) is 0 Å². The Labute approximate surface area is 164 Å². The number of benzene rings is 2. The molecule has 6 nitrogen and oxygen atoms in total. The average molecular weight is 383 g/mol. The van der Waals surface area contributed by atoms with Crippen LogP contribution in [-0.4, -0.2) is 36.3 Å². The Bertz CT molecular complexity index is 843. The molecule has 0 bridgehead atoms. The smallest absolute Gasteiger partial charge is 0.335 e. The van der Waals surface area contributed by atoms with E-state index in [2.05, 4.69) is 5.32 Å². The average Bonchev–Trinajstić information content (AvgIpc) is 3.19. The highest BCUT2D eigenvalue weighted by Gasteiger charge is 2.17. The first-order valence-corrected chi connectivity index (χ1v) is 9.45. The molecule has 28 heavy (non-hydrogen) atoms. The summed E-state index contributed by atoms with van der Waals surface area (Å²) in [5.74, 6) is -0.534. The SMILES string of the molecule is Cc1ccc(CNC(=O)Cc2ccccc2C(=O)O)c(OCC2CCCO2)c1. The lowest BCUT2D eigenvalue weighted by Gasteiger charge is -2.16. The molecule has 1 heterocycles. The molecule has 0 radical (unpaired) electrons. The van der Waals surface area contributed by atoms with Gasteiger partial charge in [-0.05, 0) is 43.0 Å². The number of aromatic carboxylic acids is 1. The lowest BCUT2D eigenvalue weighted by Crippen LogP contribution is -2.26. The third-order valence-electron chi connectivity index (χ3n) is 4.75. The number of ether oxygens (including phenoxy) is 2. The Balaban J connectivity index is 1.60. The summed E-state index contributed by atoms with van der Waals surface area (Å²) in [5, 5.41) is 12.1. The normalized spacial score (nSPS) is 16.0. The second-order valence-corrected chi connectivity index (χ2v) is 6.97. The molecule has 1 aliphatic heterocycles. The van der Waals surface area contributed by atoms with Gasteiger partial charge in [-0.15, -0.1) is 0 Å². The number of nitrogens with one attached hydrogen (secondary N) is 1. The Hall–Kier alpha value is -2.86. The van der Waals surface area contributed by atoms with Crippen molar-refractivity contribution in [2.45, 2.75) is 38.8 Å². The predicted octanol–water partition coefficient (Wildman–Crippen LogP) is 3.11. The van der Waals surface area contributed by atoms with Crippen LogP contribution in [0.1, 0.15) is 39.9 Å². The van der Waals surface area contributed by atoms with Crippen molar-refractivity contribution < 1.29 is 24.2 Å². The summed E-state index contributed by atoms with van der Waals surface area (Å²) in [4.78, 5) is 23.6. The Morgan fingerprint density at radius 2 is 2.04 bits per heavy atom. The third kappa shape index (κ3) is 5.33. The lowest BCUT2D eigenvalue weighted by molar-refractivity contribution is -0.120. The maximum Gasteiger partial charge on any atom is 0.335 e. The fraction of sp³-hybridized carbons (Fsp3) is 0.364. The number of hydrogen-bond acceptors (Lipinski definition) is 4. The number of hydrogen-bond donors (Lipinski definition) is 2. The van der Waals surface area contributed by atoms with Gasteiger partial charge in [0.05, 0.1) is 18.1 Å². The number of amides is 1. The summed E-state index contributed by atoms with van der Waals surface area (Å²) in [6.07, 6.45) is 2.19. The van der Waals surface area contributed by atoms with Crippen LogP contribution in [0.3, 0.4) is 0 Å². The van der Waals surface area contributed by atoms with E-state index in [-0.39, 0.29) is 24.0 Å². The number of aryl methyl sites for hydroxylation is 1. The summed E-state index contributed by atoms with van der Waals surface area (Å²) in [5.41, 5.74) is 2.59. The molecule has 148 valence electrons. The molecule has 0 saturated carbocycles. The monoisotopic (exact) mass is 383 g/mol. The number of carboxylic acid groups (broad SMARTS) is 1. The summed E-state index contributed by atoms with van der Waals surface area (Å²) in [7, 11) is 0. The van der Waals surface area contributed by atoms with Crippen LogP contribution in [0.2, 0.25) is 0 Å². The van der Waals surface area contributed by atoms with Crippen molar-refractivity contribution in [2.75, 3.05) is 13.2 Å². The molecule has 1 atom stereocenters. The molecular formula is C22H25NO5. The third-order valence-corrected chi connectivity index (χ3v) is 4.75. The van der Waals surface area contributed by atoms with Crippen LogP contribution in [0.5, 0.6) is 5.75 Å². The molecule has 0 spiro atoms. The first kappa shape index (κ1) is 19.9. The molecule has 1 saturated heterocycles.